The second-order valence-corrected chi connectivity index (χ2v) is 3.92. The Balaban J connectivity index is 2.52. The molecule has 0 radical (unpaired) electrons. The average Bonchev–Trinajstić information content (AvgIpc) is 2.68. The summed E-state index contributed by atoms with van der Waals surface area (Å²) in [6, 6.07) is 6.10. The molecule has 0 aliphatic carbocycles. The largest absolute Gasteiger partial charge is 0.512 e. The Labute approximate surface area is 111 Å². The molecule has 1 heterocycles. The van der Waals surface area contributed by atoms with Crippen LogP contribution >= 0.6 is 0 Å². The molecule has 20 heavy (non-hydrogen) atoms. The molecule has 0 aliphatic heterocycles. The number of carbonyl (C=O) groups is 1. The number of benzene rings is 1. The van der Waals surface area contributed by atoms with Gasteiger partial charge in [-0.15, -0.1) is 5.10 Å². The van der Waals surface area contributed by atoms with Crippen molar-refractivity contribution in [3.63, 3.8) is 0 Å². The van der Waals surface area contributed by atoms with E-state index in [0.29, 0.717) is 5.69 Å². The number of carboxylic acid groups (broad SMARTS) is 1. The van der Waals surface area contributed by atoms with Crippen LogP contribution in [0.3, 0.4) is 0 Å². The molecule has 0 fully saturated rings. The van der Waals surface area contributed by atoms with Gasteiger partial charge in [0.25, 0.3) is 0 Å². The van der Waals surface area contributed by atoms with Gasteiger partial charge in [0.1, 0.15) is 0 Å². The van der Waals surface area contributed by atoms with Crippen molar-refractivity contribution in [1.29, 1.82) is 0 Å². The Kier molecular flexibility index (Phi) is 3.39. The Bertz CT molecular complexity index is 650. The van der Waals surface area contributed by atoms with E-state index >= 15 is 0 Å². The quantitative estimate of drug-likeness (QED) is 0.861. The first-order chi connectivity index (χ1) is 9.29. The normalized spacial score (nSPS) is 11.4. The van der Waals surface area contributed by atoms with E-state index in [1.165, 1.54) is 31.2 Å². The summed E-state index contributed by atoms with van der Waals surface area (Å²) in [6.07, 6.45) is -6.12. The van der Waals surface area contributed by atoms with Crippen molar-refractivity contribution in [3.05, 3.63) is 41.6 Å². The molecule has 0 spiro atoms. The van der Waals surface area contributed by atoms with E-state index < -0.39 is 17.9 Å². The van der Waals surface area contributed by atoms with Crippen molar-refractivity contribution < 1.29 is 27.8 Å². The van der Waals surface area contributed by atoms with Crippen molar-refractivity contribution in [2.45, 2.75) is 13.1 Å². The number of aromatic nitrogens is 2. The lowest BCUT2D eigenvalue weighted by Gasteiger charge is -2.13. The summed E-state index contributed by atoms with van der Waals surface area (Å²) < 4.78 is 44.1. The number of ether oxygens (including phenoxy) is 1. The smallest absolute Gasteiger partial charge is 0.449 e. The minimum atomic E-state index is -4.54. The van der Waals surface area contributed by atoms with Gasteiger partial charge in [-0.1, -0.05) is 12.1 Å². The molecule has 1 aromatic heterocycles. The van der Waals surface area contributed by atoms with Crippen LogP contribution in [0.25, 0.3) is 5.69 Å². The standard InChI is InChI=1S/C12H9F3N2O3/c1-7-6-10(20-11(18)19)16-17(7)9-5-3-2-4-8(9)12(13,14)15/h2-6H,1H3,(H,18,19). The van der Waals surface area contributed by atoms with Crippen LogP contribution in [0.15, 0.2) is 30.3 Å². The molecule has 5 nitrogen and oxygen atoms in total. The van der Waals surface area contributed by atoms with Crippen LogP contribution in [0.2, 0.25) is 0 Å². The topological polar surface area (TPSA) is 64.3 Å². The first-order valence-corrected chi connectivity index (χ1v) is 5.43. The van der Waals surface area contributed by atoms with Crippen molar-refractivity contribution in [2.75, 3.05) is 0 Å². The van der Waals surface area contributed by atoms with E-state index in [4.69, 9.17) is 5.11 Å². The van der Waals surface area contributed by atoms with Crippen molar-refractivity contribution in [1.82, 2.24) is 9.78 Å². The van der Waals surface area contributed by atoms with Gasteiger partial charge in [-0.3, -0.25) is 0 Å². The molecule has 0 bridgehead atoms. The van der Waals surface area contributed by atoms with Crippen molar-refractivity contribution in [2.24, 2.45) is 0 Å². The Hall–Kier alpha value is -2.51. The molecule has 2 aromatic rings. The Morgan fingerprint density at radius 3 is 2.60 bits per heavy atom. The van der Waals surface area contributed by atoms with Gasteiger partial charge in [0.2, 0.25) is 5.88 Å². The fourth-order valence-corrected chi connectivity index (χ4v) is 1.73. The summed E-state index contributed by atoms with van der Waals surface area (Å²) in [5.41, 5.74) is -0.747. The molecule has 8 heteroatoms. The zero-order valence-corrected chi connectivity index (χ0v) is 10.2. The number of aryl methyl sites for hydroxylation is 1. The van der Waals surface area contributed by atoms with Crippen LogP contribution in [-0.4, -0.2) is 21.0 Å². The van der Waals surface area contributed by atoms with Gasteiger partial charge in [-0.05, 0) is 19.1 Å². The third-order valence-corrected chi connectivity index (χ3v) is 2.49. The molecule has 0 atom stereocenters. The molecule has 0 saturated heterocycles. The summed E-state index contributed by atoms with van der Waals surface area (Å²) in [5, 5.41) is 12.2. The fourth-order valence-electron chi connectivity index (χ4n) is 1.73. The molecule has 1 aromatic carbocycles. The number of para-hydroxylation sites is 1. The minimum Gasteiger partial charge on any atom is -0.449 e. The predicted octanol–water partition coefficient (Wildman–Crippen LogP) is 3.26. The molecule has 0 amide bonds. The number of alkyl halides is 3. The second kappa shape index (κ2) is 4.87. The lowest BCUT2D eigenvalue weighted by atomic mass is 10.1. The van der Waals surface area contributed by atoms with Gasteiger partial charge in [0.15, 0.2) is 0 Å². The first kappa shape index (κ1) is 13.9. The highest BCUT2D eigenvalue weighted by Gasteiger charge is 2.34. The number of rotatable bonds is 2. The fraction of sp³-hybridized carbons (Fsp3) is 0.167. The molecular formula is C12H9F3N2O3. The van der Waals surface area contributed by atoms with Gasteiger partial charge in [0, 0.05) is 11.8 Å². The van der Waals surface area contributed by atoms with E-state index in [0.717, 1.165) is 10.7 Å². The maximum absolute atomic E-state index is 12.9. The third-order valence-electron chi connectivity index (χ3n) is 2.49. The number of hydrogen-bond donors (Lipinski definition) is 1. The number of nitrogens with zero attached hydrogens (tertiary/aromatic N) is 2. The van der Waals surface area contributed by atoms with Gasteiger partial charge < -0.3 is 9.84 Å². The molecule has 0 aliphatic rings. The highest BCUT2D eigenvalue weighted by molar-refractivity contribution is 5.60. The van der Waals surface area contributed by atoms with E-state index in [1.54, 1.807) is 0 Å². The van der Waals surface area contributed by atoms with Crippen LogP contribution in [0.5, 0.6) is 5.88 Å². The van der Waals surface area contributed by atoms with Crippen molar-refractivity contribution in [3.8, 4) is 11.6 Å². The summed E-state index contributed by atoms with van der Waals surface area (Å²) in [7, 11) is 0. The maximum atomic E-state index is 12.9. The molecule has 0 unspecified atom stereocenters. The third kappa shape index (κ3) is 2.73. The highest BCUT2D eigenvalue weighted by Crippen LogP contribution is 2.34. The predicted molar refractivity (Wildman–Crippen MR) is 62.0 cm³/mol. The molecule has 0 saturated carbocycles. The van der Waals surface area contributed by atoms with Crippen molar-refractivity contribution >= 4 is 6.16 Å². The second-order valence-electron chi connectivity index (χ2n) is 3.92. The van der Waals surface area contributed by atoms with Gasteiger partial charge in [-0.25, -0.2) is 9.48 Å². The Morgan fingerprint density at radius 1 is 1.35 bits per heavy atom. The molecule has 1 N–H and O–H groups in total. The van der Waals surface area contributed by atoms with Crippen LogP contribution in [0.1, 0.15) is 11.3 Å². The zero-order chi connectivity index (χ0) is 14.9. The van der Waals surface area contributed by atoms with Gasteiger partial charge in [-0.2, -0.15) is 13.2 Å². The zero-order valence-electron chi connectivity index (χ0n) is 10.2. The number of hydrogen-bond acceptors (Lipinski definition) is 3. The van der Waals surface area contributed by atoms with Gasteiger partial charge in [0.05, 0.1) is 11.3 Å². The molecule has 106 valence electrons. The summed E-state index contributed by atoms with van der Waals surface area (Å²) in [5.74, 6) is -0.285. The SMILES string of the molecule is Cc1cc(OC(=O)O)nn1-c1ccccc1C(F)(F)F. The minimum absolute atomic E-state index is 0.197. The Morgan fingerprint density at radius 2 is 2.00 bits per heavy atom. The van der Waals surface area contributed by atoms with E-state index in [9.17, 15) is 18.0 Å². The molecular weight excluding hydrogens is 277 g/mol. The van der Waals surface area contributed by atoms with Crippen LogP contribution in [-0.2, 0) is 6.18 Å². The number of halogens is 3. The highest BCUT2D eigenvalue weighted by atomic mass is 19.4. The van der Waals surface area contributed by atoms with E-state index in [1.807, 2.05) is 0 Å². The first-order valence-electron chi connectivity index (χ1n) is 5.43. The van der Waals surface area contributed by atoms with E-state index in [2.05, 4.69) is 9.84 Å². The average molecular weight is 286 g/mol. The van der Waals surface area contributed by atoms with Crippen LogP contribution in [0.4, 0.5) is 18.0 Å². The lowest BCUT2D eigenvalue weighted by Crippen LogP contribution is -2.12. The lowest BCUT2D eigenvalue weighted by molar-refractivity contribution is -0.137. The molecule has 2 rings (SSSR count). The van der Waals surface area contributed by atoms with Crippen LogP contribution < -0.4 is 4.74 Å². The monoisotopic (exact) mass is 286 g/mol. The van der Waals surface area contributed by atoms with Crippen LogP contribution in [0, 0.1) is 6.92 Å². The van der Waals surface area contributed by atoms with Gasteiger partial charge >= 0.3 is 12.3 Å². The summed E-state index contributed by atoms with van der Waals surface area (Å²) >= 11 is 0. The van der Waals surface area contributed by atoms with E-state index in [-0.39, 0.29) is 11.6 Å². The summed E-state index contributed by atoms with van der Waals surface area (Å²) in [4.78, 5) is 10.4. The summed E-state index contributed by atoms with van der Waals surface area (Å²) in [6.45, 7) is 1.49. The maximum Gasteiger partial charge on any atom is 0.512 e.